The Kier molecular flexibility index (Phi) is 6.64. The van der Waals surface area contributed by atoms with Crippen LogP contribution in [0.3, 0.4) is 0 Å². The van der Waals surface area contributed by atoms with Gasteiger partial charge in [-0.05, 0) is 36.0 Å². The highest BCUT2D eigenvalue weighted by atomic mass is 16.5. The van der Waals surface area contributed by atoms with E-state index in [1.54, 1.807) is 17.9 Å². The number of anilines is 2. The van der Waals surface area contributed by atoms with Crippen LogP contribution in [-0.2, 0) is 20.9 Å². The summed E-state index contributed by atoms with van der Waals surface area (Å²) in [7, 11) is 1.61. The Labute approximate surface area is 208 Å². The Balaban J connectivity index is 1.33. The Hall–Kier alpha value is -4.24. The summed E-state index contributed by atoms with van der Waals surface area (Å²) in [5, 5.41) is 7.87. The van der Waals surface area contributed by atoms with Crippen molar-refractivity contribution in [3.63, 3.8) is 0 Å². The number of nitrogens with one attached hydrogen (secondary N) is 1. The van der Waals surface area contributed by atoms with Crippen LogP contribution in [0.4, 0.5) is 11.5 Å². The van der Waals surface area contributed by atoms with Gasteiger partial charge in [-0.3, -0.25) is 9.59 Å². The summed E-state index contributed by atoms with van der Waals surface area (Å²) in [5.74, 6) is -1.14. The number of hydrogen-bond donors (Lipinski definition) is 2. The number of amides is 2. The molecule has 0 bridgehead atoms. The van der Waals surface area contributed by atoms with E-state index in [0.29, 0.717) is 29.0 Å². The third kappa shape index (κ3) is 4.78. The number of ether oxygens (including phenoxy) is 1. The predicted octanol–water partition coefficient (Wildman–Crippen LogP) is 3.98. The van der Waals surface area contributed by atoms with Gasteiger partial charge in [0.1, 0.15) is 17.6 Å². The molecule has 3 N–H and O–H groups in total. The maximum Gasteiger partial charge on any atom is 0.314 e. The molecule has 1 atom stereocenters. The largest absolute Gasteiger partial charge is 0.383 e. The van der Waals surface area contributed by atoms with Crippen LogP contribution >= 0.6 is 0 Å². The van der Waals surface area contributed by atoms with Crippen molar-refractivity contribution >= 4 is 34.2 Å². The highest BCUT2D eigenvalue weighted by Crippen LogP contribution is 2.29. The van der Waals surface area contributed by atoms with Gasteiger partial charge in [-0.2, -0.15) is 5.10 Å². The molecule has 184 valence electrons. The van der Waals surface area contributed by atoms with Gasteiger partial charge in [0.2, 0.25) is 0 Å². The third-order valence-corrected chi connectivity index (χ3v) is 6.35. The molecule has 2 amide bonds. The highest BCUT2D eigenvalue weighted by molar-refractivity contribution is 6.40. The molecule has 2 aromatic heterocycles. The highest BCUT2D eigenvalue weighted by Gasteiger charge is 2.23. The van der Waals surface area contributed by atoms with Crippen molar-refractivity contribution < 1.29 is 14.3 Å². The minimum Gasteiger partial charge on any atom is -0.383 e. The van der Waals surface area contributed by atoms with Crippen molar-refractivity contribution in [1.29, 1.82) is 0 Å². The first-order valence-electron chi connectivity index (χ1n) is 12.0. The van der Waals surface area contributed by atoms with E-state index < -0.39 is 11.8 Å². The summed E-state index contributed by atoms with van der Waals surface area (Å²) in [6, 6.07) is 17.8. The van der Waals surface area contributed by atoms with Crippen molar-refractivity contribution in [3.05, 3.63) is 72.6 Å². The number of nitrogens with zero attached hydrogens (tertiary/aromatic N) is 4. The molecule has 2 aromatic carbocycles. The predicted molar refractivity (Wildman–Crippen MR) is 138 cm³/mol. The molecule has 1 unspecified atom stereocenters. The average molecular weight is 485 g/mol. The van der Waals surface area contributed by atoms with Gasteiger partial charge < -0.3 is 20.7 Å². The van der Waals surface area contributed by atoms with Crippen LogP contribution in [0.15, 0.2) is 67.0 Å². The van der Waals surface area contributed by atoms with Gasteiger partial charge in [0.25, 0.3) is 0 Å². The molecule has 0 aliphatic carbocycles. The van der Waals surface area contributed by atoms with Crippen LogP contribution in [0, 0.1) is 0 Å². The molecule has 36 heavy (non-hydrogen) atoms. The van der Waals surface area contributed by atoms with Crippen LogP contribution in [0.2, 0.25) is 0 Å². The zero-order chi connectivity index (χ0) is 25.1. The molecule has 3 heterocycles. The van der Waals surface area contributed by atoms with E-state index in [2.05, 4.69) is 15.4 Å². The molecule has 1 aliphatic heterocycles. The van der Waals surface area contributed by atoms with Crippen molar-refractivity contribution in [2.45, 2.75) is 32.0 Å². The standard InChI is InChI=1S/C27H28N6O3/c1-32(16-19-11-5-6-12-20(19)18-9-3-2-4-10-18)27(35)26(34)30-22-15-29-25(28)21-17-33(31-24(21)22)23-13-7-8-14-36-23/h2-6,9-12,15,17,23H,7-8,13-14,16H2,1H3,(H2,28,29)(H,30,34). The van der Waals surface area contributed by atoms with Crippen LogP contribution in [0.5, 0.6) is 0 Å². The summed E-state index contributed by atoms with van der Waals surface area (Å²) in [6.45, 7) is 0.951. The summed E-state index contributed by atoms with van der Waals surface area (Å²) in [5.41, 5.74) is 9.85. The molecular formula is C27H28N6O3. The van der Waals surface area contributed by atoms with Gasteiger partial charge >= 0.3 is 11.8 Å². The van der Waals surface area contributed by atoms with Gasteiger partial charge in [0, 0.05) is 26.4 Å². The molecule has 0 radical (unpaired) electrons. The first-order chi connectivity index (χ1) is 17.5. The first kappa shape index (κ1) is 23.5. The number of likely N-dealkylation sites (N-methyl/N-ethyl adjacent to an activating group) is 1. The fourth-order valence-corrected chi connectivity index (χ4v) is 4.45. The lowest BCUT2D eigenvalue weighted by atomic mass is 9.99. The number of aromatic nitrogens is 3. The quantitative estimate of drug-likeness (QED) is 0.414. The number of hydrogen-bond acceptors (Lipinski definition) is 6. The van der Waals surface area contributed by atoms with Gasteiger partial charge in [0.15, 0.2) is 0 Å². The molecule has 1 fully saturated rings. The van der Waals surface area contributed by atoms with E-state index in [0.717, 1.165) is 36.0 Å². The first-order valence-corrected chi connectivity index (χ1v) is 12.0. The van der Waals surface area contributed by atoms with E-state index in [1.807, 2.05) is 54.6 Å². The van der Waals surface area contributed by atoms with Crippen molar-refractivity contribution in [1.82, 2.24) is 19.7 Å². The number of benzene rings is 2. The Morgan fingerprint density at radius 1 is 1.14 bits per heavy atom. The second-order valence-corrected chi connectivity index (χ2v) is 8.89. The van der Waals surface area contributed by atoms with Crippen LogP contribution in [-0.4, -0.2) is 45.1 Å². The van der Waals surface area contributed by atoms with Crippen LogP contribution < -0.4 is 11.1 Å². The average Bonchev–Trinajstić information content (AvgIpc) is 3.38. The van der Waals surface area contributed by atoms with Gasteiger partial charge in [-0.15, -0.1) is 0 Å². The maximum absolute atomic E-state index is 13.0. The monoisotopic (exact) mass is 484 g/mol. The molecule has 9 nitrogen and oxygen atoms in total. The molecule has 0 saturated carbocycles. The van der Waals surface area contributed by atoms with Crippen molar-refractivity contribution in [2.75, 3.05) is 24.7 Å². The Morgan fingerprint density at radius 3 is 2.69 bits per heavy atom. The summed E-state index contributed by atoms with van der Waals surface area (Å²) in [6.07, 6.45) is 5.92. The van der Waals surface area contributed by atoms with Crippen molar-refractivity contribution in [3.8, 4) is 11.1 Å². The molecular weight excluding hydrogens is 456 g/mol. The van der Waals surface area contributed by atoms with E-state index >= 15 is 0 Å². The molecule has 1 saturated heterocycles. The smallest absolute Gasteiger partial charge is 0.314 e. The number of fused-ring (bicyclic) bond motifs is 1. The maximum atomic E-state index is 13.0. The number of carbonyl (C=O) groups excluding carboxylic acids is 2. The zero-order valence-electron chi connectivity index (χ0n) is 20.1. The van der Waals surface area contributed by atoms with Crippen molar-refractivity contribution in [2.24, 2.45) is 0 Å². The van der Waals surface area contributed by atoms with E-state index in [4.69, 9.17) is 10.5 Å². The molecule has 0 spiro atoms. The zero-order valence-corrected chi connectivity index (χ0v) is 20.1. The van der Waals surface area contributed by atoms with E-state index in [1.165, 1.54) is 11.1 Å². The molecule has 9 heteroatoms. The lowest BCUT2D eigenvalue weighted by molar-refractivity contribution is -0.142. The van der Waals surface area contributed by atoms with Gasteiger partial charge in [-0.1, -0.05) is 54.6 Å². The number of nitrogens with two attached hydrogens (primary N) is 1. The lowest BCUT2D eigenvalue weighted by Crippen LogP contribution is -2.36. The van der Waals surface area contributed by atoms with E-state index in [9.17, 15) is 9.59 Å². The number of carbonyl (C=O) groups is 2. The fourth-order valence-electron chi connectivity index (χ4n) is 4.45. The summed E-state index contributed by atoms with van der Waals surface area (Å²) < 4.78 is 7.53. The Bertz CT molecular complexity index is 1400. The summed E-state index contributed by atoms with van der Waals surface area (Å²) in [4.78, 5) is 31.5. The van der Waals surface area contributed by atoms with Crippen LogP contribution in [0.1, 0.15) is 31.1 Å². The fraction of sp³-hybridized carbons (Fsp3) is 0.259. The molecule has 5 rings (SSSR count). The van der Waals surface area contributed by atoms with Crippen LogP contribution in [0.25, 0.3) is 22.0 Å². The lowest BCUT2D eigenvalue weighted by Gasteiger charge is -2.22. The normalized spacial score (nSPS) is 15.5. The third-order valence-electron chi connectivity index (χ3n) is 6.35. The minimum absolute atomic E-state index is 0.188. The number of pyridine rings is 1. The van der Waals surface area contributed by atoms with Gasteiger partial charge in [-0.25, -0.2) is 9.67 Å². The second kappa shape index (κ2) is 10.2. The second-order valence-electron chi connectivity index (χ2n) is 8.89. The topological polar surface area (TPSA) is 115 Å². The number of nitrogen functional groups attached to an aromatic ring is 1. The number of rotatable bonds is 5. The summed E-state index contributed by atoms with van der Waals surface area (Å²) >= 11 is 0. The van der Waals surface area contributed by atoms with Gasteiger partial charge in [0.05, 0.1) is 17.3 Å². The SMILES string of the molecule is CN(Cc1ccccc1-c1ccccc1)C(=O)C(=O)Nc1cnc(N)c2cn(C3CCCCO3)nc12. The molecule has 4 aromatic rings. The minimum atomic E-state index is -0.772. The Morgan fingerprint density at radius 2 is 1.92 bits per heavy atom. The molecule has 1 aliphatic rings. The van der Waals surface area contributed by atoms with E-state index in [-0.39, 0.29) is 12.8 Å².